The first-order valence-corrected chi connectivity index (χ1v) is 10.4. The summed E-state index contributed by atoms with van der Waals surface area (Å²) in [5.41, 5.74) is 0. The fourth-order valence-corrected chi connectivity index (χ4v) is 5.54. The van der Waals surface area contributed by atoms with Crippen molar-refractivity contribution in [3.63, 3.8) is 0 Å². The van der Waals surface area contributed by atoms with Crippen LogP contribution in [0.2, 0.25) is 0 Å². The maximum Gasteiger partial charge on any atom is 0.269 e. The van der Waals surface area contributed by atoms with Crippen molar-refractivity contribution < 1.29 is 12.9 Å². The van der Waals surface area contributed by atoms with Crippen LogP contribution in [0.1, 0.15) is 32.0 Å². The standard InChI is InChI=1S/C15H22N4O3S2/c1-11(16-2)10-13-17-15(22-18-13)14-12(6-9-23-14)24(20,21)19-7-4-3-5-8-19/h6,9,11,16H,3-5,7-8,10H2,1-2H3. The Kier molecular flexibility index (Phi) is 5.33. The largest absolute Gasteiger partial charge is 0.333 e. The molecule has 2 aromatic heterocycles. The molecule has 0 spiro atoms. The average Bonchev–Trinajstić information content (AvgIpc) is 3.24. The van der Waals surface area contributed by atoms with Crippen molar-refractivity contribution in [2.75, 3.05) is 20.1 Å². The van der Waals surface area contributed by atoms with Gasteiger partial charge in [-0.05, 0) is 38.3 Å². The fraction of sp³-hybridized carbons (Fsp3) is 0.600. The zero-order valence-corrected chi connectivity index (χ0v) is 15.5. The summed E-state index contributed by atoms with van der Waals surface area (Å²) in [6, 6.07) is 1.85. The number of thiophene rings is 1. The molecule has 0 aliphatic carbocycles. The molecule has 0 aromatic carbocycles. The Labute approximate surface area is 146 Å². The van der Waals surface area contributed by atoms with Gasteiger partial charge in [0.25, 0.3) is 5.89 Å². The number of hydrogen-bond donors (Lipinski definition) is 1. The Bertz CT molecular complexity index is 778. The number of piperidine rings is 1. The van der Waals surface area contributed by atoms with E-state index < -0.39 is 10.0 Å². The third kappa shape index (κ3) is 3.53. The number of nitrogens with zero attached hydrogens (tertiary/aromatic N) is 3. The van der Waals surface area contributed by atoms with Crippen LogP contribution < -0.4 is 5.32 Å². The summed E-state index contributed by atoms with van der Waals surface area (Å²) < 4.78 is 32.7. The summed E-state index contributed by atoms with van der Waals surface area (Å²) in [6.07, 6.45) is 3.52. The lowest BCUT2D eigenvalue weighted by molar-refractivity contribution is 0.346. The Hall–Kier alpha value is -1.29. The van der Waals surface area contributed by atoms with Gasteiger partial charge < -0.3 is 9.84 Å². The van der Waals surface area contributed by atoms with Crippen molar-refractivity contribution in [2.45, 2.75) is 43.5 Å². The van der Waals surface area contributed by atoms with Crippen molar-refractivity contribution in [2.24, 2.45) is 0 Å². The van der Waals surface area contributed by atoms with E-state index >= 15 is 0 Å². The quantitative estimate of drug-likeness (QED) is 0.838. The molecule has 9 heteroatoms. The number of rotatable bonds is 6. The van der Waals surface area contributed by atoms with E-state index in [1.165, 1.54) is 11.3 Å². The van der Waals surface area contributed by atoms with Gasteiger partial charge in [0.2, 0.25) is 10.0 Å². The van der Waals surface area contributed by atoms with E-state index in [0.717, 1.165) is 19.3 Å². The van der Waals surface area contributed by atoms with Crippen molar-refractivity contribution in [1.29, 1.82) is 0 Å². The number of nitrogens with one attached hydrogen (secondary N) is 1. The molecule has 2 aromatic rings. The van der Waals surface area contributed by atoms with Gasteiger partial charge in [0.15, 0.2) is 5.82 Å². The van der Waals surface area contributed by atoms with Crippen LogP contribution in [0.3, 0.4) is 0 Å². The second-order valence-electron chi connectivity index (χ2n) is 5.99. The first kappa shape index (κ1) is 17.5. The number of hydrogen-bond acceptors (Lipinski definition) is 7. The van der Waals surface area contributed by atoms with Crippen LogP contribution in [-0.4, -0.2) is 49.0 Å². The molecule has 132 valence electrons. The van der Waals surface area contributed by atoms with Crippen LogP contribution >= 0.6 is 11.3 Å². The summed E-state index contributed by atoms with van der Waals surface area (Å²) in [5.74, 6) is 0.848. The summed E-state index contributed by atoms with van der Waals surface area (Å²) in [5, 5.41) is 8.84. The molecule has 24 heavy (non-hydrogen) atoms. The monoisotopic (exact) mass is 370 g/mol. The zero-order chi connectivity index (χ0) is 17.2. The molecule has 1 aliphatic rings. The van der Waals surface area contributed by atoms with Crippen LogP contribution in [0.4, 0.5) is 0 Å². The lowest BCUT2D eigenvalue weighted by Gasteiger charge is -2.25. The first-order chi connectivity index (χ1) is 11.5. The van der Waals surface area contributed by atoms with E-state index in [9.17, 15) is 8.42 Å². The van der Waals surface area contributed by atoms with Crippen LogP contribution in [0.15, 0.2) is 20.9 Å². The molecule has 0 bridgehead atoms. The lowest BCUT2D eigenvalue weighted by atomic mass is 10.2. The van der Waals surface area contributed by atoms with Gasteiger partial charge in [0, 0.05) is 25.6 Å². The van der Waals surface area contributed by atoms with E-state index in [1.54, 1.807) is 15.8 Å². The molecule has 1 aliphatic heterocycles. The Morgan fingerprint density at radius 3 is 2.83 bits per heavy atom. The third-order valence-corrected chi connectivity index (χ3v) is 7.18. The molecular weight excluding hydrogens is 348 g/mol. The molecule has 3 heterocycles. The molecule has 7 nitrogen and oxygen atoms in total. The van der Waals surface area contributed by atoms with Gasteiger partial charge in [-0.1, -0.05) is 11.6 Å². The highest BCUT2D eigenvalue weighted by Gasteiger charge is 2.31. The summed E-state index contributed by atoms with van der Waals surface area (Å²) in [6.45, 7) is 3.17. The zero-order valence-electron chi connectivity index (χ0n) is 13.9. The topological polar surface area (TPSA) is 88.3 Å². The van der Waals surface area contributed by atoms with Gasteiger partial charge in [-0.3, -0.25) is 0 Å². The van der Waals surface area contributed by atoms with Crippen LogP contribution in [0.25, 0.3) is 10.8 Å². The normalized spacial score (nSPS) is 17.9. The molecule has 1 fully saturated rings. The third-order valence-electron chi connectivity index (χ3n) is 4.21. The molecule has 3 rings (SSSR count). The highest BCUT2D eigenvalue weighted by atomic mass is 32.2. The Morgan fingerprint density at radius 2 is 2.12 bits per heavy atom. The number of sulfonamides is 1. The minimum Gasteiger partial charge on any atom is -0.333 e. The van der Waals surface area contributed by atoms with E-state index in [1.807, 2.05) is 14.0 Å². The maximum absolute atomic E-state index is 12.9. The molecule has 1 unspecified atom stereocenters. The second-order valence-corrected chi connectivity index (χ2v) is 8.81. The highest BCUT2D eigenvalue weighted by Crippen LogP contribution is 2.34. The van der Waals surface area contributed by atoms with Gasteiger partial charge in [0.05, 0.1) is 0 Å². The van der Waals surface area contributed by atoms with Gasteiger partial charge in [0.1, 0.15) is 9.77 Å². The van der Waals surface area contributed by atoms with Gasteiger partial charge in [-0.25, -0.2) is 8.42 Å². The van der Waals surface area contributed by atoms with E-state index in [4.69, 9.17) is 4.52 Å². The molecule has 0 saturated carbocycles. The van der Waals surface area contributed by atoms with Gasteiger partial charge in [-0.15, -0.1) is 11.3 Å². The number of likely N-dealkylation sites (N-methyl/N-ethyl adjacent to an activating group) is 1. The lowest BCUT2D eigenvalue weighted by Crippen LogP contribution is -2.35. The fourth-order valence-electron chi connectivity index (χ4n) is 2.71. The minimum absolute atomic E-state index is 0.218. The van der Waals surface area contributed by atoms with Crippen molar-refractivity contribution in [1.82, 2.24) is 19.8 Å². The van der Waals surface area contributed by atoms with E-state index in [-0.39, 0.29) is 16.8 Å². The number of aromatic nitrogens is 2. The van der Waals surface area contributed by atoms with Crippen molar-refractivity contribution >= 4 is 21.4 Å². The minimum atomic E-state index is -3.51. The van der Waals surface area contributed by atoms with E-state index in [0.29, 0.717) is 30.2 Å². The molecule has 0 amide bonds. The summed E-state index contributed by atoms with van der Waals surface area (Å²) in [7, 11) is -1.64. The van der Waals surface area contributed by atoms with Crippen LogP contribution in [0, 0.1) is 0 Å². The Morgan fingerprint density at radius 1 is 1.38 bits per heavy atom. The molecule has 0 radical (unpaired) electrons. The van der Waals surface area contributed by atoms with Gasteiger partial charge >= 0.3 is 0 Å². The average molecular weight is 371 g/mol. The Balaban J connectivity index is 1.87. The van der Waals surface area contributed by atoms with Crippen molar-refractivity contribution in [3.05, 3.63) is 17.3 Å². The van der Waals surface area contributed by atoms with Crippen LogP contribution in [-0.2, 0) is 16.4 Å². The highest BCUT2D eigenvalue weighted by molar-refractivity contribution is 7.89. The van der Waals surface area contributed by atoms with Crippen LogP contribution in [0.5, 0.6) is 0 Å². The molecular formula is C15H22N4O3S2. The predicted molar refractivity (Wildman–Crippen MR) is 92.4 cm³/mol. The summed E-state index contributed by atoms with van der Waals surface area (Å²) >= 11 is 1.31. The van der Waals surface area contributed by atoms with Gasteiger partial charge in [-0.2, -0.15) is 9.29 Å². The SMILES string of the molecule is CNC(C)Cc1noc(-c2sccc2S(=O)(=O)N2CCCCC2)n1. The van der Waals surface area contributed by atoms with E-state index in [2.05, 4.69) is 15.5 Å². The molecule has 1 N–H and O–H groups in total. The van der Waals surface area contributed by atoms with Crippen molar-refractivity contribution in [3.8, 4) is 10.8 Å². The molecule has 1 atom stereocenters. The maximum atomic E-state index is 12.9. The second kappa shape index (κ2) is 7.30. The smallest absolute Gasteiger partial charge is 0.269 e. The predicted octanol–water partition coefficient (Wildman–Crippen LogP) is 2.12. The summed E-state index contributed by atoms with van der Waals surface area (Å²) in [4.78, 5) is 5.16. The molecule has 1 saturated heterocycles. The first-order valence-electron chi connectivity index (χ1n) is 8.10.